The second kappa shape index (κ2) is 6.14. The number of rotatable bonds is 5. The maximum absolute atomic E-state index is 11.2. The number of aryl methyl sites for hydroxylation is 1. The second-order valence-corrected chi connectivity index (χ2v) is 4.80. The van der Waals surface area contributed by atoms with Crippen LogP contribution in [0, 0.1) is 0 Å². The van der Waals surface area contributed by atoms with Crippen molar-refractivity contribution in [3.63, 3.8) is 0 Å². The molecule has 18 heavy (non-hydrogen) atoms. The highest BCUT2D eigenvalue weighted by atomic mass is 16.5. The average Bonchev–Trinajstić information content (AvgIpc) is 2.76. The van der Waals surface area contributed by atoms with E-state index < -0.39 is 0 Å². The van der Waals surface area contributed by atoms with Gasteiger partial charge in [0, 0.05) is 12.3 Å². The van der Waals surface area contributed by atoms with Crippen LogP contribution in [0.3, 0.4) is 0 Å². The van der Waals surface area contributed by atoms with Crippen LogP contribution in [0.4, 0.5) is 0 Å². The van der Waals surface area contributed by atoms with Crippen molar-refractivity contribution in [2.75, 3.05) is 6.61 Å². The monoisotopic (exact) mass is 250 g/mol. The zero-order valence-corrected chi connectivity index (χ0v) is 11.3. The molecule has 0 bridgehead atoms. The van der Waals surface area contributed by atoms with E-state index in [2.05, 4.69) is 12.0 Å². The Hall–Kier alpha value is -1.16. The van der Waals surface area contributed by atoms with Crippen LogP contribution in [0.5, 0.6) is 0 Å². The van der Waals surface area contributed by atoms with E-state index in [1.165, 1.54) is 6.42 Å². The summed E-state index contributed by atoms with van der Waals surface area (Å²) in [4.78, 5) is 11.2. The molecule has 2 heterocycles. The Bertz CT molecular complexity index is 406. The van der Waals surface area contributed by atoms with Crippen molar-refractivity contribution < 1.29 is 9.53 Å². The summed E-state index contributed by atoms with van der Waals surface area (Å²) in [6.07, 6.45) is 6.34. The molecule has 1 aromatic rings. The number of carbonyl (C=O) groups is 1. The van der Waals surface area contributed by atoms with Gasteiger partial charge in [-0.05, 0) is 32.1 Å². The van der Waals surface area contributed by atoms with Gasteiger partial charge in [0.1, 0.15) is 0 Å². The molecule has 1 aromatic heterocycles. The summed E-state index contributed by atoms with van der Waals surface area (Å²) in [6.45, 7) is 5.75. The Morgan fingerprint density at radius 2 is 2.22 bits per heavy atom. The number of carbonyl (C=O) groups excluding carboxylic acids is 1. The lowest BCUT2D eigenvalue weighted by molar-refractivity contribution is 0.00348. The molecular weight excluding hydrogens is 228 g/mol. The maximum atomic E-state index is 11.2. The number of ether oxygens (including phenoxy) is 1. The van der Waals surface area contributed by atoms with Gasteiger partial charge in [0.05, 0.1) is 23.9 Å². The van der Waals surface area contributed by atoms with Gasteiger partial charge < -0.3 is 4.74 Å². The van der Waals surface area contributed by atoms with Gasteiger partial charge in [-0.25, -0.2) is 0 Å². The van der Waals surface area contributed by atoms with Crippen molar-refractivity contribution in [2.24, 2.45) is 0 Å². The number of aldehydes is 1. The lowest BCUT2D eigenvalue weighted by Crippen LogP contribution is -2.26. The van der Waals surface area contributed by atoms with Crippen LogP contribution < -0.4 is 0 Å². The van der Waals surface area contributed by atoms with Crippen LogP contribution >= 0.6 is 0 Å². The molecule has 4 nitrogen and oxygen atoms in total. The average molecular weight is 250 g/mol. The van der Waals surface area contributed by atoms with E-state index >= 15 is 0 Å². The first-order chi connectivity index (χ1) is 8.80. The standard InChI is InChI=1S/C14H22N2O2/c1-3-13-12(10-17)14(4-2)16(15-13)9-11-7-5-6-8-18-11/h10-11H,3-9H2,1-2H3. The summed E-state index contributed by atoms with van der Waals surface area (Å²) in [5.74, 6) is 0. The Morgan fingerprint density at radius 3 is 2.78 bits per heavy atom. The minimum atomic E-state index is 0.258. The first-order valence-electron chi connectivity index (χ1n) is 6.95. The molecule has 1 aliphatic rings. The minimum absolute atomic E-state index is 0.258. The SMILES string of the molecule is CCc1nn(CC2CCCCO2)c(CC)c1C=O. The molecule has 0 aliphatic carbocycles. The van der Waals surface area contributed by atoms with E-state index in [1.54, 1.807) is 0 Å². The fraction of sp³-hybridized carbons (Fsp3) is 0.714. The molecule has 0 N–H and O–H groups in total. The van der Waals surface area contributed by atoms with Gasteiger partial charge in [-0.2, -0.15) is 5.10 Å². The molecule has 4 heteroatoms. The van der Waals surface area contributed by atoms with E-state index in [9.17, 15) is 4.79 Å². The molecule has 2 rings (SSSR count). The van der Waals surface area contributed by atoms with Gasteiger partial charge in [0.2, 0.25) is 0 Å². The number of aromatic nitrogens is 2. The molecule has 0 radical (unpaired) electrons. The third-order valence-electron chi connectivity index (χ3n) is 3.61. The smallest absolute Gasteiger partial charge is 0.153 e. The summed E-state index contributed by atoms with van der Waals surface area (Å²) in [6, 6.07) is 0. The first-order valence-corrected chi connectivity index (χ1v) is 6.95. The van der Waals surface area contributed by atoms with Crippen molar-refractivity contribution in [1.29, 1.82) is 0 Å². The van der Waals surface area contributed by atoms with Gasteiger partial charge in [-0.15, -0.1) is 0 Å². The highest BCUT2D eigenvalue weighted by molar-refractivity contribution is 5.78. The summed E-state index contributed by atoms with van der Waals surface area (Å²) in [5.41, 5.74) is 2.75. The molecule has 1 atom stereocenters. The van der Waals surface area contributed by atoms with E-state index in [1.807, 2.05) is 11.6 Å². The Labute approximate surface area is 108 Å². The predicted octanol–water partition coefficient (Wildman–Crippen LogP) is 2.39. The van der Waals surface area contributed by atoms with Crippen LogP contribution in [-0.4, -0.2) is 28.8 Å². The Balaban J connectivity index is 2.20. The summed E-state index contributed by atoms with van der Waals surface area (Å²) < 4.78 is 7.73. The topological polar surface area (TPSA) is 44.1 Å². The van der Waals surface area contributed by atoms with E-state index in [-0.39, 0.29) is 6.10 Å². The third kappa shape index (κ3) is 2.64. The maximum Gasteiger partial charge on any atom is 0.153 e. The summed E-state index contributed by atoms with van der Waals surface area (Å²) in [5, 5.41) is 4.57. The summed E-state index contributed by atoms with van der Waals surface area (Å²) in [7, 11) is 0. The van der Waals surface area contributed by atoms with Crippen LogP contribution in [-0.2, 0) is 24.1 Å². The predicted molar refractivity (Wildman–Crippen MR) is 70.0 cm³/mol. The lowest BCUT2D eigenvalue weighted by atomic mass is 10.1. The second-order valence-electron chi connectivity index (χ2n) is 4.80. The lowest BCUT2D eigenvalue weighted by Gasteiger charge is -2.23. The molecule has 0 amide bonds. The van der Waals surface area contributed by atoms with Gasteiger partial charge in [0.15, 0.2) is 6.29 Å². The fourth-order valence-corrected chi connectivity index (χ4v) is 2.63. The quantitative estimate of drug-likeness (QED) is 0.754. The molecule has 0 aromatic carbocycles. The normalized spacial score (nSPS) is 20.0. The Kier molecular flexibility index (Phi) is 4.53. The van der Waals surface area contributed by atoms with Gasteiger partial charge >= 0.3 is 0 Å². The fourth-order valence-electron chi connectivity index (χ4n) is 2.63. The third-order valence-corrected chi connectivity index (χ3v) is 3.61. The van der Waals surface area contributed by atoms with Crippen molar-refractivity contribution in [3.05, 3.63) is 17.0 Å². The van der Waals surface area contributed by atoms with E-state index in [0.717, 1.165) is 62.1 Å². The van der Waals surface area contributed by atoms with Gasteiger partial charge in [0.25, 0.3) is 0 Å². The van der Waals surface area contributed by atoms with Gasteiger partial charge in [-0.3, -0.25) is 9.48 Å². The molecule has 1 saturated heterocycles. The highest BCUT2D eigenvalue weighted by Gasteiger charge is 2.19. The number of hydrogen-bond donors (Lipinski definition) is 0. The van der Waals surface area contributed by atoms with Crippen LogP contribution in [0.25, 0.3) is 0 Å². The van der Waals surface area contributed by atoms with Crippen molar-refractivity contribution in [2.45, 2.75) is 58.6 Å². The largest absolute Gasteiger partial charge is 0.376 e. The van der Waals surface area contributed by atoms with Gasteiger partial charge in [-0.1, -0.05) is 13.8 Å². The summed E-state index contributed by atoms with van der Waals surface area (Å²) >= 11 is 0. The van der Waals surface area contributed by atoms with E-state index in [4.69, 9.17) is 4.74 Å². The zero-order valence-electron chi connectivity index (χ0n) is 11.3. The van der Waals surface area contributed by atoms with Crippen molar-refractivity contribution in [1.82, 2.24) is 9.78 Å². The highest BCUT2D eigenvalue weighted by Crippen LogP contribution is 2.19. The molecule has 1 fully saturated rings. The van der Waals surface area contributed by atoms with E-state index in [0.29, 0.717) is 0 Å². The molecule has 100 valence electrons. The zero-order chi connectivity index (χ0) is 13.0. The van der Waals surface area contributed by atoms with Crippen LogP contribution in [0.2, 0.25) is 0 Å². The molecule has 0 saturated carbocycles. The van der Waals surface area contributed by atoms with Crippen molar-refractivity contribution >= 4 is 6.29 Å². The van der Waals surface area contributed by atoms with Crippen molar-refractivity contribution in [3.8, 4) is 0 Å². The molecule has 1 aliphatic heterocycles. The first kappa shape index (κ1) is 13.3. The number of nitrogens with zero attached hydrogens (tertiary/aromatic N) is 2. The number of hydrogen-bond acceptors (Lipinski definition) is 3. The van der Waals surface area contributed by atoms with Crippen LogP contribution in [0.1, 0.15) is 54.9 Å². The molecule has 1 unspecified atom stereocenters. The van der Waals surface area contributed by atoms with Crippen LogP contribution in [0.15, 0.2) is 0 Å². The minimum Gasteiger partial charge on any atom is -0.376 e. The Morgan fingerprint density at radius 1 is 1.39 bits per heavy atom. The molecule has 0 spiro atoms. The molecular formula is C14H22N2O2.